The standard InChI is InChI=1S/C18H16ClNO/c1-12-6-8-15(9-7-12)18-13(2)21-17(20-18)11-14-4-3-5-16(19)10-14/h3-10H,11H2,1-2H3. The summed E-state index contributed by atoms with van der Waals surface area (Å²) in [4.78, 5) is 4.62. The maximum absolute atomic E-state index is 6.01. The molecule has 3 rings (SSSR count). The molecule has 0 spiro atoms. The Bertz CT molecular complexity index is 759. The van der Waals surface area contributed by atoms with Gasteiger partial charge >= 0.3 is 0 Å². The third-order valence-corrected chi connectivity index (χ3v) is 3.65. The van der Waals surface area contributed by atoms with E-state index < -0.39 is 0 Å². The fourth-order valence-electron chi connectivity index (χ4n) is 2.33. The van der Waals surface area contributed by atoms with Crippen LogP contribution in [0.4, 0.5) is 0 Å². The quantitative estimate of drug-likeness (QED) is 0.664. The summed E-state index contributed by atoms with van der Waals surface area (Å²) in [5, 5.41) is 0.731. The molecule has 0 fully saturated rings. The van der Waals surface area contributed by atoms with Crippen molar-refractivity contribution in [3.8, 4) is 11.3 Å². The van der Waals surface area contributed by atoms with Gasteiger partial charge in [0.1, 0.15) is 11.5 Å². The van der Waals surface area contributed by atoms with Crippen LogP contribution in [0.2, 0.25) is 5.02 Å². The fourth-order valence-corrected chi connectivity index (χ4v) is 2.54. The number of oxazole rings is 1. The largest absolute Gasteiger partial charge is 0.445 e. The fraction of sp³-hybridized carbons (Fsp3) is 0.167. The first-order valence-electron chi connectivity index (χ1n) is 6.89. The maximum atomic E-state index is 6.01. The normalized spacial score (nSPS) is 10.8. The molecule has 2 aromatic carbocycles. The van der Waals surface area contributed by atoms with Crippen molar-refractivity contribution in [1.82, 2.24) is 4.98 Å². The first-order chi connectivity index (χ1) is 10.1. The van der Waals surface area contributed by atoms with E-state index in [0.29, 0.717) is 12.3 Å². The number of hydrogen-bond acceptors (Lipinski definition) is 2. The Hall–Kier alpha value is -2.06. The molecular weight excluding hydrogens is 282 g/mol. The SMILES string of the molecule is Cc1ccc(-c2nc(Cc3cccc(Cl)c3)oc2C)cc1. The van der Waals surface area contributed by atoms with Crippen LogP contribution < -0.4 is 0 Å². The van der Waals surface area contributed by atoms with E-state index in [1.807, 2.05) is 31.2 Å². The number of rotatable bonds is 3. The highest BCUT2D eigenvalue weighted by atomic mass is 35.5. The molecule has 1 aromatic heterocycles. The van der Waals surface area contributed by atoms with E-state index in [2.05, 4.69) is 36.2 Å². The Kier molecular flexibility index (Phi) is 3.80. The van der Waals surface area contributed by atoms with Crippen LogP contribution in [0.3, 0.4) is 0 Å². The molecule has 21 heavy (non-hydrogen) atoms. The monoisotopic (exact) mass is 297 g/mol. The lowest BCUT2D eigenvalue weighted by Crippen LogP contribution is -1.88. The lowest BCUT2D eigenvalue weighted by atomic mass is 10.1. The van der Waals surface area contributed by atoms with Gasteiger partial charge in [-0.05, 0) is 31.5 Å². The summed E-state index contributed by atoms with van der Waals surface area (Å²) in [6, 6.07) is 16.1. The molecule has 0 radical (unpaired) electrons. The molecule has 106 valence electrons. The Morgan fingerprint density at radius 1 is 1.05 bits per heavy atom. The van der Waals surface area contributed by atoms with Gasteiger partial charge in [0.05, 0.1) is 0 Å². The molecule has 0 aliphatic heterocycles. The van der Waals surface area contributed by atoms with E-state index in [4.69, 9.17) is 16.0 Å². The highest BCUT2D eigenvalue weighted by Crippen LogP contribution is 2.25. The smallest absolute Gasteiger partial charge is 0.199 e. The van der Waals surface area contributed by atoms with Crippen molar-refractivity contribution in [2.45, 2.75) is 20.3 Å². The minimum Gasteiger partial charge on any atom is -0.445 e. The van der Waals surface area contributed by atoms with Crippen molar-refractivity contribution in [3.05, 3.63) is 76.3 Å². The third kappa shape index (κ3) is 3.17. The van der Waals surface area contributed by atoms with Crippen LogP contribution in [0.1, 0.15) is 22.8 Å². The summed E-state index contributed by atoms with van der Waals surface area (Å²) in [5.74, 6) is 1.56. The Morgan fingerprint density at radius 3 is 2.52 bits per heavy atom. The van der Waals surface area contributed by atoms with Gasteiger partial charge in [-0.15, -0.1) is 0 Å². The molecule has 0 unspecified atom stereocenters. The lowest BCUT2D eigenvalue weighted by Gasteiger charge is -1.98. The lowest BCUT2D eigenvalue weighted by molar-refractivity contribution is 0.482. The number of benzene rings is 2. The number of hydrogen-bond donors (Lipinski definition) is 0. The minimum atomic E-state index is 0.646. The highest BCUT2D eigenvalue weighted by molar-refractivity contribution is 6.30. The minimum absolute atomic E-state index is 0.646. The summed E-state index contributed by atoms with van der Waals surface area (Å²) in [6.45, 7) is 4.02. The summed E-state index contributed by atoms with van der Waals surface area (Å²) >= 11 is 6.01. The predicted molar refractivity (Wildman–Crippen MR) is 85.7 cm³/mol. The maximum Gasteiger partial charge on any atom is 0.199 e. The molecule has 0 bridgehead atoms. The molecule has 3 heteroatoms. The molecule has 0 saturated carbocycles. The molecule has 0 aliphatic rings. The molecular formula is C18H16ClNO. The molecule has 3 aromatic rings. The van der Waals surface area contributed by atoms with Gasteiger partial charge in [0.15, 0.2) is 5.89 Å². The second kappa shape index (κ2) is 5.74. The van der Waals surface area contributed by atoms with Crippen LogP contribution in [-0.2, 0) is 6.42 Å². The van der Waals surface area contributed by atoms with Crippen LogP contribution >= 0.6 is 11.6 Å². The average molecular weight is 298 g/mol. The molecule has 0 amide bonds. The zero-order chi connectivity index (χ0) is 14.8. The van der Waals surface area contributed by atoms with Gasteiger partial charge in [-0.3, -0.25) is 0 Å². The van der Waals surface area contributed by atoms with E-state index in [-0.39, 0.29) is 0 Å². The number of aryl methyl sites for hydroxylation is 2. The van der Waals surface area contributed by atoms with E-state index in [1.165, 1.54) is 5.56 Å². The van der Waals surface area contributed by atoms with E-state index in [0.717, 1.165) is 27.6 Å². The molecule has 0 aliphatic carbocycles. The second-order valence-electron chi connectivity index (χ2n) is 5.19. The van der Waals surface area contributed by atoms with Crippen LogP contribution in [-0.4, -0.2) is 4.98 Å². The number of aromatic nitrogens is 1. The predicted octanol–water partition coefficient (Wildman–Crippen LogP) is 5.20. The summed E-state index contributed by atoms with van der Waals surface area (Å²) < 4.78 is 5.79. The number of halogens is 1. The second-order valence-corrected chi connectivity index (χ2v) is 5.62. The van der Waals surface area contributed by atoms with E-state index in [9.17, 15) is 0 Å². The third-order valence-electron chi connectivity index (χ3n) is 3.41. The van der Waals surface area contributed by atoms with Crippen LogP contribution in [0, 0.1) is 13.8 Å². The van der Waals surface area contributed by atoms with Crippen molar-refractivity contribution in [3.63, 3.8) is 0 Å². The van der Waals surface area contributed by atoms with Gasteiger partial charge in [0.2, 0.25) is 0 Å². The van der Waals surface area contributed by atoms with Gasteiger partial charge < -0.3 is 4.42 Å². The van der Waals surface area contributed by atoms with Crippen molar-refractivity contribution in [2.75, 3.05) is 0 Å². The first kappa shape index (κ1) is 13.9. The Labute approximate surface area is 129 Å². The van der Waals surface area contributed by atoms with E-state index in [1.54, 1.807) is 0 Å². The van der Waals surface area contributed by atoms with Crippen molar-refractivity contribution in [1.29, 1.82) is 0 Å². The Morgan fingerprint density at radius 2 is 1.81 bits per heavy atom. The van der Waals surface area contributed by atoms with Crippen LogP contribution in [0.15, 0.2) is 52.9 Å². The molecule has 1 heterocycles. The molecule has 0 atom stereocenters. The Balaban J connectivity index is 1.89. The van der Waals surface area contributed by atoms with Crippen molar-refractivity contribution >= 4 is 11.6 Å². The summed E-state index contributed by atoms with van der Waals surface area (Å²) in [5.41, 5.74) is 4.32. The highest BCUT2D eigenvalue weighted by Gasteiger charge is 2.12. The molecule has 0 saturated heterocycles. The summed E-state index contributed by atoms with van der Waals surface area (Å²) in [6.07, 6.45) is 0.646. The average Bonchev–Trinajstić information content (AvgIpc) is 2.80. The van der Waals surface area contributed by atoms with Gasteiger partial charge in [-0.1, -0.05) is 53.6 Å². The van der Waals surface area contributed by atoms with Gasteiger partial charge in [-0.2, -0.15) is 0 Å². The van der Waals surface area contributed by atoms with Gasteiger partial charge in [0.25, 0.3) is 0 Å². The first-order valence-corrected chi connectivity index (χ1v) is 7.27. The van der Waals surface area contributed by atoms with Crippen LogP contribution in [0.5, 0.6) is 0 Å². The van der Waals surface area contributed by atoms with Crippen molar-refractivity contribution < 1.29 is 4.42 Å². The summed E-state index contributed by atoms with van der Waals surface area (Å²) in [7, 11) is 0. The van der Waals surface area contributed by atoms with E-state index >= 15 is 0 Å². The zero-order valence-corrected chi connectivity index (χ0v) is 12.8. The zero-order valence-electron chi connectivity index (χ0n) is 12.1. The number of nitrogens with zero attached hydrogens (tertiary/aromatic N) is 1. The van der Waals surface area contributed by atoms with Crippen molar-refractivity contribution in [2.24, 2.45) is 0 Å². The molecule has 2 nitrogen and oxygen atoms in total. The van der Waals surface area contributed by atoms with Crippen LogP contribution in [0.25, 0.3) is 11.3 Å². The van der Waals surface area contributed by atoms with Gasteiger partial charge in [0, 0.05) is 17.0 Å². The molecule has 0 N–H and O–H groups in total. The van der Waals surface area contributed by atoms with Gasteiger partial charge in [-0.25, -0.2) is 4.98 Å². The topological polar surface area (TPSA) is 26.0 Å².